The maximum absolute atomic E-state index is 5.64. The average molecular weight is 334 g/mol. The summed E-state index contributed by atoms with van der Waals surface area (Å²) in [6.07, 6.45) is 0.211. The summed E-state index contributed by atoms with van der Waals surface area (Å²) in [5, 5.41) is 3.43. The maximum Gasteiger partial charge on any atom is 0.119 e. The predicted molar refractivity (Wildman–Crippen MR) is 88.4 cm³/mol. The molecule has 0 fully saturated rings. The number of hydrogen-bond donors (Lipinski definition) is 1. The summed E-state index contributed by atoms with van der Waals surface area (Å²) < 4.78 is 6.73. The van der Waals surface area contributed by atoms with Gasteiger partial charge >= 0.3 is 0 Å². The zero-order valence-corrected chi connectivity index (χ0v) is 13.7. The molecule has 2 nitrogen and oxygen atoms in total. The van der Waals surface area contributed by atoms with Crippen molar-refractivity contribution in [3.05, 3.63) is 58.1 Å². The van der Waals surface area contributed by atoms with E-state index in [-0.39, 0.29) is 6.10 Å². The van der Waals surface area contributed by atoms with Gasteiger partial charge < -0.3 is 10.1 Å². The van der Waals surface area contributed by atoms with E-state index in [0.717, 1.165) is 22.5 Å². The first-order valence-corrected chi connectivity index (χ1v) is 7.59. The molecule has 0 spiro atoms. The van der Waals surface area contributed by atoms with Crippen molar-refractivity contribution in [2.45, 2.75) is 33.4 Å². The van der Waals surface area contributed by atoms with Crippen LogP contribution in [0.3, 0.4) is 0 Å². The molecule has 0 aliphatic rings. The summed E-state index contributed by atoms with van der Waals surface area (Å²) in [5.41, 5.74) is 3.59. The standard InChI is InChI=1S/C17H20BrNO/c1-12(2)20-15-7-5-14(6-8-15)11-19-17-9-4-13(3)10-16(17)18/h4-10,12,19H,11H2,1-3H3. The first kappa shape index (κ1) is 14.9. The molecule has 0 amide bonds. The fraction of sp³-hybridized carbons (Fsp3) is 0.294. The van der Waals surface area contributed by atoms with E-state index in [0.29, 0.717) is 0 Å². The lowest BCUT2D eigenvalue weighted by molar-refractivity contribution is 0.242. The third-order valence-electron chi connectivity index (χ3n) is 2.90. The normalized spacial score (nSPS) is 10.7. The molecule has 0 aromatic heterocycles. The van der Waals surface area contributed by atoms with E-state index in [1.165, 1.54) is 11.1 Å². The third kappa shape index (κ3) is 4.27. The lowest BCUT2D eigenvalue weighted by Gasteiger charge is -2.12. The van der Waals surface area contributed by atoms with E-state index in [9.17, 15) is 0 Å². The van der Waals surface area contributed by atoms with Crippen molar-refractivity contribution in [2.75, 3.05) is 5.32 Å². The number of nitrogens with one attached hydrogen (secondary N) is 1. The molecule has 0 heterocycles. The Morgan fingerprint density at radius 3 is 2.40 bits per heavy atom. The lowest BCUT2D eigenvalue weighted by Crippen LogP contribution is -2.05. The number of ether oxygens (including phenoxy) is 1. The van der Waals surface area contributed by atoms with Crippen LogP contribution in [0.15, 0.2) is 46.9 Å². The minimum absolute atomic E-state index is 0.211. The van der Waals surface area contributed by atoms with Crippen LogP contribution in [0.4, 0.5) is 5.69 Å². The Morgan fingerprint density at radius 2 is 1.80 bits per heavy atom. The molecule has 0 aliphatic heterocycles. The highest BCUT2D eigenvalue weighted by molar-refractivity contribution is 9.10. The summed E-state index contributed by atoms with van der Waals surface area (Å²) in [7, 11) is 0. The molecule has 0 saturated carbocycles. The molecule has 0 bridgehead atoms. The maximum atomic E-state index is 5.64. The number of anilines is 1. The minimum Gasteiger partial charge on any atom is -0.491 e. The van der Waals surface area contributed by atoms with Crippen molar-refractivity contribution in [1.29, 1.82) is 0 Å². The van der Waals surface area contributed by atoms with Gasteiger partial charge in [-0.15, -0.1) is 0 Å². The summed E-state index contributed by atoms with van der Waals surface area (Å²) in [6, 6.07) is 14.5. The van der Waals surface area contributed by atoms with Gasteiger partial charge in [0.2, 0.25) is 0 Å². The Bertz CT molecular complexity index is 564. The first-order valence-electron chi connectivity index (χ1n) is 6.80. The van der Waals surface area contributed by atoms with E-state index in [1.807, 2.05) is 26.0 Å². The molecule has 106 valence electrons. The van der Waals surface area contributed by atoms with Crippen LogP contribution >= 0.6 is 15.9 Å². The van der Waals surface area contributed by atoms with Crippen molar-refractivity contribution < 1.29 is 4.74 Å². The molecule has 1 N–H and O–H groups in total. The second-order valence-electron chi connectivity index (χ2n) is 5.15. The number of benzene rings is 2. The largest absolute Gasteiger partial charge is 0.491 e. The lowest BCUT2D eigenvalue weighted by atomic mass is 10.2. The molecular weight excluding hydrogens is 314 g/mol. The van der Waals surface area contributed by atoms with Gasteiger partial charge in [-0.25, -0.2) is 0 Å². The van der Waals surface area contributed by atoms with Crippen molar-refractivity contribution >= 4 is 21.6 Å². The van der Waals surface area contributed by atoms with Gasteiger partial charge in [0.15, 0.2) is 0 Å². The van der Waals surface area contributed by atoms with Crippen molar-refractivity contribution in [3.8, 4) is 5.75 Å². The highest BCUT2D eigenvalue weighted by Crippen LogP contribution is 2.24. The minimum atomic E-state index is 0.211. The van der Waals surface area contributed by atoms with Gasteiger partial charge in [-0.1, -0.05) is 18.2 Å². The van der Waals surface area contributed by atoms with Crippen molar-refractivity contribution in [2.24, 2.45) is 0 Å². The van der Waals surface area contributed by atoms with Crippen LogP contribution in [0.5, 0.6) is 5.75 Å². The fourth-order valence-electron chi connectivity index (χ4n) is 1.92. The van der Waals surface area contributed by atoms with Crippen LogP contribution in [0.25, 0.3) is 0 Å². The molecule has 2 aromatic carbocycles. The number of rotatable bonds is 5. The smallest absolute Gasteiger partial charge is 0.119 e. The van der Waals surface area contributed by atoms with Crippen LogP contribution in [-0.4, -0.2) is 6.10 Å². The summed E-state index contributed by atoms with van der Waals surface area (Å²) in [6.45, 7) is 6.94. The van der Waals surface area contributed by atoms with Crippen LogP contribution in [0, 0.1) is 6.92 Å². The molecule has 20 heavy (non-hydrogen) atoms. The topological polar surface area (TPSA) is 21.3 Å². The van der Waals surface area contributed by atoms with Gasteiger partial charge in [0.1, 0.15) is 5.75 Å². The van der Waals surface area contributed by atoms with Crippen LogP contribution in [0.1, 0.15) is 25.0 Å². The summed E-state index contributed by atoms with van der Waals surface area (Å²) in [5.74, 6) is 0.917. The predicted octanol–water partition coefficient (Wildman–Crippen LogP) is 5.16. The third-order valence-corrected chi connectivity index (χ3v) is 3.56. The van der Waals surface area contributed by atoms with Gasteiger partial charge in [-0.2, -0.15) is 0 Å². The molecular formula is C17H20BrNO. The quantitative estimate of drug-likeness (QED) is 0.816. The Kier molecular flexibility index (Phi) is 5.07. The Hall–Kier alpha value is -1.48. The second-order valence-corrected chi connectivity index (χ2v) is 6.00. The molecule has 2 rings (SSSR count). The fourth-order valence-corrected chi connectivity index (χ4v) is 2.55. The van der Waals surface area contributed by atoms with Gasteiger partial charge in [0.25, 0.3) is 0 Å². The Balaban J connectivity index is 1.96. The Labute approximate surface area is 129 Å². The van der Waals surface area contributed by atoms with Gasteiger partial charge in [0.05, 0.1) is 6.10 Å². The number of aryl methyl sites for hydroxylation is 1. The molecule has 3 heteroatoms. The molecule has 0 saturated heterocycles. The van der Waals surface area contributed by atoms with Gasteiger partial charge in [0, 0.05) is 16.7 Å². The van der Waals surface area contributed by atoms with E-state index in [1.54, 1.807) is 0 Å². The van der Waals surface area contributed by atoms with Crippen molar-refractivity contribution in [3.63, 3.8) is 0 Å². The molecule has 0 atom stereocenters. The van der Waals surface area contributed by atoms with E-state index in [2.05, 4.69) is 58.5 Å². The summed E-state index contributed by atoms with van der Waals surface area (Å²) in [4.78, 5) is 0. The SMILES string of the molecule is Cc1ccc(NCc2ccc(OC(C)C)cc2)c(Br)c1. The van der Waals surface area contributed by atoms with Crippen molar-refractivity contribution in [1.82, 2.24) is 0 Å². The van der Waals surface area contributed by atoms with E-state index >= 15 is 0 Å². The Morgan fingerprint density at radius 1 is 1.10 bits per heavy atom. The first-order chi connectivity index (χ1) is 9.54. The monoisotopic (exact) mass is 333 g/mol. The number of halogens is 1. The van der Waals surface area contributed by atoms with Crippen LogP contribution < -0.4 is 10.1 Å². The van der Waals surface area contributed by atoms with Crippen LogP contribution in [0.2, 0.25) is 0 Å². The van der Waals surface area contributed by atoms with E-state index in [4.69, 9.17) is 4.74 Å². The van der Waals surface area contributed by atoms with Gasteiger partial charge in [-0.05, 0) is 72.1 Å². The number of hydrogen-bond acceptors (Lipinski definition) is 2. The second kappa shape index (κ2) is 6.80. The van der Waals surface area contributed by atoms with Gasteiger partial charge in [-0.3, -0.25) is 0 Å². The van der Waals surface area contributed by atoms with Crippen LogP contribution in [-0.2, 0) is 6.54 Å². The van der Waals surface area contributed by atoms with E-state index < -0.39 is 0 Å². The zero-order valence-electron chi connectivity index (χ0n) is 12.1. The molecule has 2 aromatic rings. The zero-order chi connectivity index (χ0) is 14.5. The average Bonchev–Trinajstić information content (AvgIpc) is 2.39. The molecule has 0 radical (unpaired) electrons. The summed E-state index contributed by atoms with van der Waals surface area (Å²) >= 11 is 3.58. The highest BCUT2D eigenvalue weighted by Gasteiger charge is 2.01. The molecule has 0 aliphatic carbocycles. The molecule has 0 unspecified atom stereocenters. The highest BCUT2D eigenvalue weighted by atomic mass is 79.9.